The fourth-order valence-corrected chi connectivity index (χ4v) is 3.76. The number of rotatable bonds is 20. The number of nitrogens with two attached hydrogens (primary N) is 2. The Balaban J connectivity index is 1.81. The zero-order valence-electron chi connectivity index (χ0n) is 26.3. The lowest BCUT2D eigenvalue weighted by Crippen LogP contribution is -2.19. The fourth-order valence-electron chi connectivity index (χ4n) is 3.76. The normalized spacial score (nSPS) is 10.7. The zero-order valence-corrected chi connectivity index (χ0v) is 26.3. The zero-order chi connectivity index (χ0) is 33.3. The molecule has 0 unspecified atom stereocenters. The van der Waals surface area contributed by atoms with Crippen molar-refractivity contribution in [2.45, 2.75) is 0 Å². The van der Waals surface area contributed by atoms with Crippen LogP contribution in [0.4, 0.5) is 22.7 Å². The standard InChI is InChI=1S/C30H40N6O10/c1-39-5-9-43-25-16-27(45-11-7-41-3)21(13-19(25)31)35-29(37)23-15-24(34-18-33-23)30(38)36-22-14-20(32)26(44-10-6-40-2)17-28(22)46-12-8-42-4/h13-18H,5-12,31-32H2,1-4H3,(H,35,37)(H,36,38). The van der Waals surface area contributed by atoms with Crippen LogP contribution in [0, 0.1) is 0 Å². The number of carbonyl (C=O) groups excluding carboxylic acids is 2. The van der Waals surface area contributed by atoms with Crippen molar-refractivity contribution in [3.05, 3.63) is 48.0 Å². The summed E-state index contributed by atoms with van der Waals surface area (Å²) in [6.45, 7) is 2.22. The minimum atomic E-state index is -0.647. The quantitative estimate of drug-likeness (QED) is 0.103. The first-order valence-electron chi connectivity index (χ1n) is 14.1. The summed E-state index contributed by atoms with van der Waals surface area (Å²) < 4.78 is 43.0. The molecule has 3 aromatic rings. The van der Waals surface area contributed by atoms with Gasteiger partial charge < -0.3 is 60.0 Å². The monoisotopic (exact) mass is 644 g/mol. The van der Waals surface area contributed by atoms with Crippen LogP contribution in [0.15, 0.2) is 36.7 Å². The Hall–Kier alpha value is -4.90. The molecular weight excluding hydrogens is 604 g/mol. The Morgan fingerprint density at radius 2 is 0.891 bits per heavy atom. The van der Waals surface area contributed by atoms with Gasteiger partial charge in [0.05, 0.1) is 49.2 Å². The summed E-state index contributed by atoms with van der Waals surface area (Å²) >= 11 is 0. The van der Waals surface area contributed by atoms with Gasteiger partial charge in [-0.1, -0.05) is 0 Å². The van der Waals surface area contributed by atoms with Crippen LogP contribution < -0.4 is 41.0 Å². The first kappa shape index (κ1) is 35.6. The van der Waals surface area contributed by atoms with Gasteiger partial charge in [0, 0.05) is 46.6 Å². The number of ether oxygens (including phenoxy) is 8. The maximum atomic E-state index is 13.3. The highest BCUT2D eigenvalue weighted by Crippen LogP contribution is 2.36. The third-order valence-corrected chi connectivity index (χ3v) is 6.03. The van der Waals surface area contributed by atoms with Crippen LogP contribution in [0.25, 0.3) is 0 Å². The summed E-state index contributed by atoms with van der Waals surface area (Å²) in [5.74, 6) is -0.0233. The van der Waals surface area contributed by atoms with E-state index in [0.717, 1.165) is 6.33 Å². The topological polar surface area (TPSA) is 210 Å². The molecule has 250 valence electrons. The minimum absolute atomic E-state index is 0.0973. The van der Waals surface area contributed by atoms with Gasteiger partial charge in [-0.3, -0.25) is 9.59 Å². The highest BCUT2D eigenvalue weighted by molar-refractivity contribution is 6.08. The van der Waals surface area contributed by atoms with Crippen LogP contribution in [0.5, 0.6) is 23.0 Å². The van der Waals surface area contributed by atoms with E-state index in [1.54, 1.807) is 26.4 Å². The molecule has 0 aliphatic rings. The average Bonchev–Trinajstić information content (AvgIpc) is 3.04. The van der Waals surface area contributed by atoms with Crippen molar-refractivity contribution in [1.82, 2.24) is 9.97 Å². The summed E-state index contributed by atoms with van der Waals surface area (Å²) in [5, 5.41) is 5.44. The van der Waals surface area contributed by atoms with Gasteiger partial charge in [-0.2, -0.15) is 0 Å². The molecule has 0 atom stereocenters. The van der Waals surface area contributed by atoms with E-state index in [9.17, 15) is 9.59 Å². The molecule has 2 aromatic carbocycles. The van der Waals surface area contributed by atoms with Crippen molar-refractivity contribution in [3.63, 3.8) is 0 Å². The van der Waals surface area contributed by atoms with Gasteiger partial charge in [0.15, 0.2) is 0 Å². The molecule has 46 heavy (non-hydrogen) atoms. The average molecular weight is 645 g/mol. The third kappa shape index (κ3) is 10.6. The van der Waals surface area contributed by atoms with Crippen LogP contribution in [0.2, 0.25) is 0 Å². The number of carbonyl (C=O) groups is 2. The number of nitrogens with zero attached hydrogens (tertiary/aromatic N) is 2. The smallest absolute Gasteiger partial charge is 0.274 e. The van der Waals surface area contributed by atoms with Crippen LogP contribution in [0.3, 0.4) is 0 Å². The van der Waals surface area contributed by atoms with Gasteiger partial charge in [0.2, 0.25) is 0 Å². The second kappa shape index (κ2) is 18.8. The minimum Gasteiger partial charge on any atom is -0.489 e. The van der Waals surface area contributed by atoms with E-state index in [4.69, 9.17) is 49.4 Å². The van der Waals surface area contributed by atoms with Gasteiger partial charge in [-0.15, -0.1) is 0 Å². The van der Waals surface area contributed by atoms with E-state index in [1.807, 2.05) is 0 Å². The molecule has 0 spiro atoms. The Morgan fingerprint density at radius 3 is 1.24 bits per heavy atom. The second-order valence-corrected chi connectivity index (χ2v) is 9.33. The molecule has 6 N–H and O–H groups in total. The number of amides is 2. The van der Waals surface area contributed by atoms with Crippen molar-refractivity contribution < 1.29 is 47.5 Å². The van der Waals surface area contributed by atoms with Gasteiger partial charge in [-0.25, -0.2) is 9.97 Å². The Labute approximate surface area is 266 Å². The van der Waals surface area contributed by atoms with Crippen LogP contribution in [0.1, 0.15) is 21.0 Å². The first-order valence-corrected chi connectivity index (χ1v) is 14.1. The molecule has 0 aliphatic heterocycles. The summed E-state index contributed by atoms with van der Waals surface area (Å²) in [6, 6.07) is 7.34. The summed E-state index contributed by atoms with van der Waals surface area (Å²) in [4.78, 5) is 34.6. The lowest BCUT2D eigenvalue weighted by molar-refractivity contribution is 0.102. The molecule has 0 bridgehead atoms. The predicted octanol–water partition coefficient (Wildman–Crippen LogP) is 2.25. The molecule has 1 aromatic heterocycles. The lowest BCUT2D eigenvalue weighted by atomic mass is 10.2. The lowest BCUT2D eigenvalue weighted by Gasteiger charge is -2.17. The highest BCUT2D eigenvalue weighted by atomic mass is 16.5. The van der Waals surface area contributed by atoms with E-state index in [1.165, 1.54) is 32.4 Å². The molecular formula is C30H40N6O10. The Morgan fingerprint density at radius 1 is 0.543 bits per heavy atom. The van der Waals surface area contributed by atoms with E-state index < -0.39 is 11.8 Å². The van der Waals surface area contributed by atoms with Crippen molar-refractivity contribution in [2.75, 3.05) is 103 Å². The van der Waals surface area contributed by atoms with Crippen molar-refractivity contribution in [2.24, 2.45) is 0 Å². The predicted molar refractivity (Wildman–Crippen MR) is 169 cm³/mol. The largest absolute Gasteiger partial charge is 0.489 e. The number of nitrogens with one attached hydrogen (secondary N) is 2. The maximum Gasteiger partial charge on any atom is 0.274 e. The highest BCUT2D eigenvalue weighted by Gasteiger charge is 2.19. The summed E-state index contributed by atoms with van der Waals surface area (Å²) in [7, 11) is 6.18. The number of aromatic nitrogens is 2. The fraction of sp³-hybridized carbons (Fsp3) is 0.400. The molecule has 2 amide bonds. The van der Waals surface area contributed by atoms with Crippen LogP contribution >= 0.6 is 0 Å². The summed E-state index contributed by atoms with van der Waals surface area (Å²) in [6.07, 6.45) is 1.10. The molecule has 0 fully saturated rings. The number of benzene rings is 2. The van der Waals surface area contributed by atoms with Gasteiger partial charge in [0.25, 0.3) is 11.8 Å². The number of anilines is 4. The number of methoxy groups -OCH3 is 4. The van der Waals surface area contributed by atoms with E-state index >= 15 is 0 Å². The molecule has 3 rings (SSSR count). The van der Waals surface area contributed by atoms with Crippen molar-refractivity contribution >= 4 is 34.6 Å². The van der Waals surface area contributed by atoms with Gasteiger partial charge in [0.1, 0.15) is 67.1 Å². The molecule has 0 aliphatic carbocycles. The van der Waals surface area contributed by atoms with Gasteiger partial charge >= 0.3 is 0 Å². The van der Waals surface area contributed by atoms with E-state index in [-0.39, 0.29) is 72.1 Å². The Bertz CT molecular complexity index is 1340. The maximum absolute atomic E-state index is 13.3. The molecule has 0 saturated carbocycles. The SMILES string of the molecule is COCCOc1cc(OCCOC)c(NC(=O)c2cc(C(=O)Nc3cc(N)c(OCCOC)cc3OCCOC)ncn2)cc1N. The van der Waals surface area contributed by atoms with Crippen LogP contribution in [-0.4, -0.2) is 103 Å². The number of hydrogen-bond acceptors (Lipinski definition) is 14. The molecule has 0 saturated heterocycles. The molecule has 1 heterocycles. The second-order valence-electron chi connectivity index (χ2n) is 9.33. The van der Waals surface area contributed by atoms with E-state index in [0.29, 0.717) is 37.9 Å². The molecule has 16 heteroatoms. The van der Waals surface area contributed by atoms with Crippen molar-refractivity contribution in [1.29, 1.82) is 0 Å². The summed E-state index contributed by atoms with van der Waals surface area (Å²) in [5.41, 5.74) is 13.2. The third-order valence-electron chi connectivity index (χ3n) is 6.03. The molecule has 16 nitrogen and oxygen atoms in total. The first-order chi connectivity index (χ1) is 22.3. The van der Waals surface area contributed by atoms with Crippen LogP contribution in [-0.2, 0) is 18.9 Å². The molecule has 0 radical (unpaired) electrons. The van der Waals surface area contributed by atoms with E-state index in [2.05, 4.69) is 20.6 Å². The number of nitrogen functional groups attached to an aromatic ring is 2. The Kier molecular flexibility index (Phi) is 14.5. The van der Waals surface area contributed by atoms with Gasteiger partial charge in [-0.05, 0) is 12.1 Å². The number of hydrogen-bond donors (Lipinski definition) is 4. The van der Waals surface area contributed by atoms with Crippen molar-refractivity contribution in [3.8, 4) is 23.0 Å².